The highest BCUT2D eigenvalue weighted by Gasteiger charge is 2.32. The van der Waals surface area contributed by atoms with Crippen LogP contribution in [0.15, 0.2) is 11.4 Å². The Balaban J connectivity index is 2.23. The number of rotatable bonds is 4. The van der Waals surface area contributed by atoms with Gasteiger partial charge in [0.15, 0.2) is 10.8 Å². The largest absolute Gasteiger partial charge is 0.396 e. The summed E-state index contributed by atoms with van der Waals surface area (Å²) in [5.74, 6) is -0.0298. The summed E-state index contributed by atoms with van der Waals surface area (Å²) in [6, 6.07) is -0.228. The van der Waals surface area contributed by atoms with Gasteiger partial charge in [-0.3, -0.25) is 0 Å². The lowest BCUT2D eigenvalue weighted by atomic mass is 10.1. The van der Waals surface area contributed by atoms with Crippen molar-refractivity contribution in [3.63, 3.8) is 0 Å². The Morgan fingerprint density at radius 2 is 2.33 bits per heavy atom. The Morgan fingerprint density at radius 1 is 1.61 bits per heavy atom. The van der Waals surface area contributed by atoms with Gasteiger partial charge < -0.3 is 15.4 Å². The van der Waals surface area contributed by atoms with Crippen molar-refractivity contribution in [3.8, 4) is 0 Å². The van der Waals surface area contributed by atoms with Gasteiger partial charge in [0, 0.05) is 19.7 Å². The fourth-order valence-corrected chi connectivity index (χ4v) is 4.00. The number of anilines is 1. The number of hydrogen-bond donors (Lipinski definition) is 3. The summed E-state index contributed by atoms with van der Waals surface area (Å²) >= 11 is 0. The normalized spacial score (nSPS) is 24.6. The number of nitrogens with one attached hydrogen (secondary N) is 1. The lowest BCUT2D eigenvalue weighted by molar-refractivity contribution is 0.213. The number of aryl methyl sites for hydroxylation is 1. The van der Waals surface area contributed by atoms with Crippen LogP contribution in [0.1, 0.15) is 19.3 Å². The fourth-order valence-electron chi connectivity index (χ4n) is 2.43. The maximum atomic E-state index is 12.2. The molecule has 1 aliphatic rings. The van der Waals surface area contributed by atoms with Gasteiger partial charge in [0.1, 0.15) is 0 Å². The minimum Gasteiger partial charge on any atom is -0.396 e. The molecule has 1 aromatic heterocycles. The average Bonchev–Trinajstić information content (AvgIpc) is 2.85. The van der Waals surface area contributed by atoms with Crippen molar-refractivity contribution in [2.24, 2.45) is 13.0 Å². The Labute approximate surface area is 106 Å². The van der Waals surface area contributed by atoms with Crippen LogP contribution < -0.4 is 10.5 Å². The molecule has 0 amide bonds. The second kappa shape index (κ2) is 4.87. The molecule has 7 nitrogen and oxygen atoms in total. The van der Waals surface area contributed by atoms with Crippen LogP contribution in [0, 0.1) is 5.92 Å². The molecule has 1 fully saturated rings. The van der Waals surface area contributed by atoms with Crippen molar-refractivity contribution >= 4 is 15.8 Å². The van der Waals surface area contributed by atoms with E-state index in [0.717, 1.165) is 19.3 Å². The monoisotopic (exact) mass is 274 g/mol. The van der Waals surface area contributed by atoms with Crippen LogP contribution >= 0.6 is 0 Å². The van der Waals surface area contributed by atoms with E-state index in [9.17, 15) is 13.5 Å². The fraction of sp³-hybridized carbons (Fsp3) is 0.700. The topological polar surface area (TPSA) is 110 Å². The van der Waals surface area contributed by atoms with E-state index >= 15 is 0 Å². The first-order valence-electron chi connectivity index (χ1n) is 5.85. The summed E-state index contributed by atoms with van der Waals surface area (Å²) in [5, 5.41) is 9.17. The Kier molecular flexibility index (Phi) is 3.60. The summed E-state index contributed by atoms with van der Waals surface area (Å²) in [5.41, 5.74) is 5.57. The molecule has 8 heteroatoms. The zero-order valence-corrected chi connectivity index (χ0v) is 11.0. The van der Waals surface area contributed by atoms with Gasteiger partial charge in [-0.2, -0.15) is 0 Å². The van der Waals surface area contributed by atoms with Crippen molar-refractivity contribution in [2.45, 2.75) is 30.3 Å². The van der Waals surface area contributed by atoms with Crippen molar-refractivity contribution < 1.29 is 13.5 Å². The Hall–Kier alpha value is -1.12. The van der Waals surface area contributed by atoms with E-state index in [0.29, 0.717) is 0 Å². The summed E-state index contributed by atoms with van der Waals surface area (Å²) in [7, 11) is -2.11. The zero-order chi connectivity index (χ0) is 13.3. The summed E-state index contributed by atoms with van der Waals surface area (Å²) < 4.78 is 28.4. The highest BCUT2D eigenvalue weighted by molar-refractivity contribution is 7.89. The molecule has 2 rings (SSSR count). The van der Waals surface area contributed by atoms with Gasteiger partial charge in [-0.25, -0.2) is 18.1 Å². The highest BCUT2D eigenvalue weighted by atomic mass is 32.2. The van der Waals surface area contributed by atoms with Gasteiger partial charge in [-0.05, 0) is 18.8 Å². The van der Waals surface area contributed by atoms with Crippen LogP contribution in [0.3, 0.4) is 0 Å². The van der Waals surface area contributed by atoms with E-state index in [1.807, 2.05) is 0 Å². The van der Waals surface area contributed by atoms with E-state index in [2.05, 4.69) is 9.71 Å². The van der Waals surface area contributed by atoms with E-state index < -0.39 is 10.0 Å². The van der Waals surface area contributed by atoms with Gasteiger partial charge in [0.25, 0.3) is 10.0 Å². The Morgan fingerprint density at radius 3 is 2.89 bits per heavy atom. The smallest absolute Gasteiger partial charge is 0.260 e. The number of nitrogens with two attached hydrogens (primary N) is 1. The van der Waals surface area contributed by atoms with E-state index in [-0.39, 0.29) is 29.4 Å². The third kappa shape index (κ3) is 2.36. The van der Waals surface area contributed by atoms with Crippen molar-refractivity contribution in [2.75, 3.05) is 12.3 Å². The zero-order valence-electron chi connectivity index (χ0n) is 10.2. The SMILES string of the molecule is Cn1cnc(N)c1S(=O)(=O)NC1CCCC1CO. The number of hydrogen-bond acceptors (Lipinski definition) is 5. The van der Waals surface area contributed by atoms with E-state index in [1.54, 1.807) is 7.05 Å². The molecule has 2 unspecified atom stereocenters. The molecule has 0 radical (unpaired) electrons. The molecule has 4 N–H and O–H groups in total. The molecule has 1 heterocycles. The number of aliphatic hydroxyl groups is 1. The van der Waals surface area contributed by atoms with Crippen molar-refractivity contribution in [3.05, 3.63) is 6.33 Å². The lowest BCUT2D eigenvalue weighted by Crippen LogP contribution is -2.39. The van der Waals surface area contributed by atoms with Gasteiger partial charge in [0.05, 0.1) is 6.33 Å². The summed E-state index contributed by atoms with van der Waals surface area (Å²) in [6.07, 6.45) is 3.86. The van der Waals surface area contributed by atoms with Crippen molar-refractivity contribution in [1.29, 1.82) is 0 Å². The summed E-state index contributed by atoms with van der Waals surface area (Å²) in [4.78, 5) is 3.77. The second-order valence-electron chi connectivity index (χ2n) is 4.65. The molecular weight excluding hydrogens is 256 g/mol. The Bertz CT molecular complexity index is 506. The number of aromatic nitrogens is 2. The number of sulfonamides is 1. The molecule has 0 aromatic carbocycles. The number of aliphatic hydroxyl groups excluding tert-OH is 1. The minimum absolute atomic E-state index is 0.00590. The first-order valence-corrected chi connectivity index (χ1v) is 7.34. The predicted octanol–water partition coefficient (Wildman–Crippen LogP) is -0.558. The summed E-state index contributed by atoms with van der Waals surface area (Å²) in [6.45, 7) is -0.00590. The van der Waals surface area contributed by atoms with Gasteiger partial charge in [-0.1, -0.05) is 6.42 Å². The molecule has 0 spiro atoms. The molecule has 0 bridgehead atoms. The molecule has 0 aliphatic heterocycles. The van der Waals surface area contributed by atoms with Crippen LogP contribution in [-0.2, 0) is 17.1 Å². The third-order valence-corrected chi connectivity index (χ3v) is 4.98. The standard InChI is InChI=1S/C10H18N4O3S/c1-14-6-12-9(11)10(14)18(16,17)13-8-4-2-3-7(8)5-15/h6-8,13,15H,2-5,11H2,1H3. The maximum absolute atomic E-state index is 12.2. The first-order chi connectivity index (χ1) is 8.45. The highest BCUT2D eigenvalue weighted by Crippen LogP contribution is 2.27. The van der Waals surface area contributed by atoms with Crippen molar-refractivity contribution in [1.82, 2.24) is 14.3 Å². The number of nitrogen functional groups attached to an aromatic ring is 1. The molecule has 1 aliphatic carbocycles. The van der Waals surface area contributed by atoms with Crippen LogP contribution in [0.25, 0.3) is 0 Å². The van der Waals surface area contributed by atoms with Crippen LogP contribution in [0.5, 0.6) is 0 Å². The number of imidazole rings is 1. The molecule has 0 saturated heterocycles. The molecular formula is C10H18N4O3S. The van der Waals surface area contributed by atoms with Crippen LogP contribution in [0.2, 0.25) is 0 Å². The lowest BCUT2D eigenvalue weighted by Gasteiger charge is -2.19. The first kappa shape index (κ1) is 13.3. The average molecular weight is 274 g/mol. The second-order valence-corrected chi connectivity index (χ2v) is 6.28. The number of nitrogens with zero attached hydrogens (tertiary/aromatic N) is 2. The van der Waals surface area contributed by atoms with E-state index in [1.165, 1.54) is 10.9 Å². The maximum Gasteiger partial charge on any atom is 0.260 e. The molecule has 18 heavy (non-hydrogen) atoms. The predicted molar refractivity (Wildman–Crippen MR) is 66.2 cm³/mol. The third-order valence-electron chi connectivity index (χ3n) is 3.36. The molecule has 2 atom stereocenters. The minimum atomic E-state index is -3.69. The van der Waals surface area contributed by atoms with Gasteiger partial charge in [-0.15, -0.1) is 0 Å². The van der Waals surface area contributed by atoms with E-state index in [4.69, 9.17) is 5.73 Å². The quantitative estimate of drug-likeness (QED) is 0.682. The molecule has 1 saturated carbocycles. The molecule has 102 valence electrons. The van der Waals surface area contributed by atoms with Gasteiger partial charge >= 0.3 is 0 Å². The molecule has 1 aromatic rings. The van der Waals surface area contributed by atoms with Crippen LogP contribution in [-0.4, -0.2) is 35.7 Å². The van der Waals surface area contributed by atoms with Crippen LogP contribution in [0.4, 0.5) is 5.82 Å². The van der Waals surface area contributed by atoms with Gasteiger partial charge in [0.2, 0.25) is 0 Å².